The van der Waals surface area contributed by atoms with Crippen molar-refractivity contribution < 1.29 is 14.0 Å². The van der Waals surface area contributed by atoms with E-state index in [1.165, 1.54) is 11.3 Å². The van der Waals surface area contributed by atoms with Crippen LogP contribution in [0.3, 0.4) is 0 Å². The summed E-state index contributed by atoms with van der Waals surface area (Å²) in [5, 5.41) is 3.71. The molecule has 0 aliphatic carbocycles. The Balaban J connectivity index is 1.36. The summed E-state index contributed by atoms with van der Waals surface area (Å²) >= 11 is 1.46. The lowest BCUT2D eigenvalue weighted by atomic mass is 9.94. The number of amides is 2. The minimum absolute atomic E-state index is 0.0287. The molecule has 0 saturated carbocycles. The SMILES string of the molecule is Cc1ccc(C(=O)NCc2c(C)ncc3c2CCN(C(=O)c2cc4ccccc4oc2=O)C3)s1. The fourth-order valence-electron chi connectivity index (χ4n) is 4.32. The van der Waals surface area contributed by atoms with Gasteiger partial charge >= 0.3 is 5.63 Å². The number of hydrogen-bond donors (Lipinski definition) is 1. The Morgan fingerprint density at radius 1 is 1.18 bits per heavy atom. The molecule has 1 aliphatic heterocycles. The third kappa shape index (κ3) is 4.12. The molecule has 34 heavy (non-hydrogen) atoms. The monoisotopic (exact) mass is 473 g/mol. The summed E-state index contributed by atoms with van der Waals surface area (Å²) in [6.07, 6.45) is 2.40. The van der Waals surface area contributed by atoms with E-state index in [1.807, 2.05) is 38.1 Å². The van der Waals surface area contributed by atoms with Crippen molar-refractivity contribution in [3.05, 3.63) is 96.8 Å². The molecule has 2 amide bonds. The predicted molar refractivity (Wildman–Crippen MR) is 130 cm³/mol. The van der Waals surface area contributed by atoms with Gasteiger partial charge in [-0.2, -0.15) is 0 Å². The van der Waals surface area contributed by atoms with Gasteiger partial charge < -0.3 is 14.6 Å². The van der Waals surface area contributed by atoms with Crippen LogP contribution in [0, 0.1) is 13.8 Å². The van der Waals surface area contributed by atoms with E-state index in [2.05, 4.69) is 10.3 Å². The van der Waals surface area contributed by atoms with Crippen molar-refractivity contribution in [2.24, 2.45) is 0 Å². The van der Waals surface area contributed by atoms with Gasteiger partial charge in [0.05, 0.1) is 4.88 Å². The van der Waals surface area contributed by atoms with Gasteiger partial charge in [0.2, 0.25) is 0 Å². The van der Waals surface area contributed by atoms with E-state index in [9.17, 15) is 14.4 Å². The predicted octanol–water partition coefficient (Wildman–Crippen LogP) is 3.99. The number of hydrogen-bond acceptors (Lipinski definition) is 6. The maximum Gasteiger partial charge on any atom is 0.349 e. The van der Waals surface area contributed by atoms with Gasteiger partial charge in [-0.1, -0.05) is 18.2 Å². The quantitative estimate of drug-likeness (QED) is 0.453. The van der Waals surface area contributed by atoms with Crippen molar-refractivity contribution in [1.82, 2.24) is 15.2 Å². The largest absolute Gasteiger partial charge is 0.422 e. The maximum absolute atomic E-state index is 13.2. The van der Waals surface area contributed by atoms with Crippen LogP contribution < -0.4 is 10.9 Å². The number of pyridine rings is 1. The van der Waals surface area contributed by atoms with Crippen molar-refractivity contribution in [3.8, 4) is 0 Å². The van der Waals surface area contributed by atoms with E-state index in [4.69, 9.17) is 4.42 Å². The highest BCUT2D eigenvalue weighted by atomic mass is 32.1. The lowest BCUT2D eigenvalue weighted by Gasteiger charge is -2.30. The Kier molecular flexibility index (Phi) is 5.75. The highest BCUT2D eigenvalue weighted by Crippen LogP contribution is 2.25. The van der Waals surface area contributed by atoms with Crippen LogP contribution in [0.15, 0.2) is 57.9 Å². The number of carbonyl (C=O) groups is 2. The van der Waals surface area contributed by atoms with Crippen LogP contribution in [0.5, 0.6) is 0 Å². The first-order valence-electron chi connectivity index (χ1n) is 11.0. The molecule has 0 fully saturated rings. The molecule has 5 rings (SSSR count). The van der Waals surface area contributed by atoms with Gasteiger partial charge in [0.1, 0.15) is 11.1 Å². The number of rotatable bonds is 4. The lowest BCUT2D eigenvalue weighted by molar-refractivity contribution is 0.0730. The minimum atomic E-state index is -0.635. The second-order valence-corrected chi connectivity index (χ2v) is 9.67. The zero-order valence-corrected chi connectivity index (χ0v) is 19.7. The molecule has 0 atom stereocenters. The number of para-hydroxylation sites is 1. The number of carbonyl (C=O) groups excluding carboxylic acids is 2. The summed E-state index contributed by atoms with van der Waals surface area (Å²) in [5.74, 6) is -0.459. The van der Waals surface area contributed by atoms with E-state index < -0.39 is 5.63 Å². The first kappa shape index (κ1) is 22.0. The number of thiophene rings is 1. The van der Waals surface area contributed by atoms with E-state index in [-0.39, 0.29) is 17.4 Å². The van der Waals surface area contributed by atoms with E-state index in [0.717, 1.165) is 27.3 Å². The van der Waals surface area contributed by atoms with Crippen LogP contribution in [0.1, 0.15) is 47.3 Å². The third-order valence-electron chi connectivity index (χ3n) is 6.14. The Labute approximate surface area is 200 Å². The van der Waals surface area contributed by atoms with Gasteiger partial charge in [-0.3, -0.25) is 14.6 Å². The molecule has 3 aromatic heterocycles. The topological polar surface area (TPSA) is 92.5 Å². The molecule has 4 aromatic rings. The number of benzene rings is 1. The van der Waals surface area contributed by atoms with Gasteiger partial charge in [0.15, 0.2) is 0 Å². The Hall–Kier alpha value is -3.78. The molecule has 1 aromatic carbocycles. The minimum Gasteiger partial charge on any atom is -0.422 e. The molecule has 4 heterocycles. The molecule has 0 bridgehead atoms. The van der Waals surface area contributed by atoms with Crippen molar-refractivity contribution in [1.29, 1.82) is 0 Å². The Morgan fingerprint density at radius 3 is 2.79 bits per heavy atom. The Bertz CT molecular complexity index is 1490. The van der Waals surface area contributed by atoms with Gasteiger partial charge in [0, 0.05) is 41.8 Å². The zero-order valence-electron chi connectivity index (χ0n) is 18.9. The van der Waals surface area contributed by atoms with Crippen molar-refractivity contribution in [2.75, 3.05) is 6.54 Å². The molecule has 172 valence electrons. The summed E-state index contributed by atoms with van der Waals surface area (Å²) in [5.41, 5.74) is 3.71. The van der Waals surface area contributed by atoms with Crippen LogP contribution in [-0.2, 0) is 19.5 Å². The first-order chi connectivity index (χ1) is 16.4. The number of aromatic nitrogens is 1. The van der Waals surface area contributed by atoms with Crippen molar-refractivity contribution in [2.45, 2.75) is 33.4 Å². The second-order valence-electron chi connectivity index (χ2n) is 8.38. The molecule has 0 saturated heterocycles. The Morgan fingerprint density at radius 2 is 2.00 bits per heavy atom. The van der Waals surface area contributed by atoms with Crippen molar-refractivity contribution in [3.63, 3.8) is 0 Å². The molecule has 1 N–H and O–H groups in total. The molecule has 0 radical (unpaired) electrons. The van der Waals surface area contributed by atoms with Gasteiger partial charge in [-0.05, 0) is 61.2 Å². The number of fused-ring (bicyclic) bond motifs is 2. The smallest absolute Gasteiger partial charge is 0.349 e. The van der Waals surface area contributed by atoms with E-state index in [0.29, 0.717) is 41.9 Å². The highest BCUT2D eigenvalue weighted by Gasteiger charge is 2.27. The summed E-state index contributed by atoms with van der Waals surface area (Å²) in [4.78, 5) is 46.1. The van der Waals surface area contributed by atoms with Crippen LogP contribution >= 0.6 is 11.3 Å². The fourth-order valence-corrected chi connectivity index (χ4v) is 5.11. The first-order valence-corrected chi connectivity index (χ1v) is 11.9. The van der Waals surface area contributed by atoms with Crippen LogP contribution in [0.4, 0.5) is 0 Å². The number of nitrogens with zero attached hydrogens (tertiary/aromatic N) is 2. The number of aryl methyl sites for hydroxylation is 2. The fraction of sp³-hybridized carbons (Fsp3) is 0.231. The highest BCUT2D eigenvalue weighted by molar-refractivity contribution is 7.13. The standard InChI is InChI=1S/C26H23N3O4S/c1-15-7-8-23(34-15)24(30)28-13-21-16(2)27-12-18-14-29(10-9-19(18)21)25(31)20-11-17-5-3-4-6-22(17)33-26(20)32/h3-8,11-12H,9-10,13-14H2,1-2H3,(H,28,30). The molecular weight excluding hydrogens is 450 g/mol. The zero-order chi connectivity index (χ0) is 23.8. The summed E-state index contributed by atoms with van der Waals surface area (Å²) < 4.78 is 5.35. The van der Waals surface area contributed by atoms with Gasteiger partial charge in [-0.25, -0.2) is 4.79 Å². The normalized spacial score (nSPS) is 13.1. The molecule has 7 nitrogen and oxygen atoms in total. The summed E-state index contributed by atoms with van der Waals surface area (Å²) in [6, 6.07) is 12.5. The molecular formula is C26H23N3O4S. The summed E-state index contributed by atoms with van der Waals surface area (Å²) in [6.45, 7) is 5.08. The van der Waals surface area contributed by atoms with Crippen LogP contribution in [0.2, 0.25) is 0 Å². The van der Waals surface area contributed by atoms with Crippen LogP contribution in [0.25, 0.3) is 11.0 Å². The molecule has 1 aliphatic rings. The second kappa shape index (κ2) is 8.87. The molecule has 0 unspecified atom stereocenters. The lowest BCUT2D eigenvalue weighted by Crippen LogP contribution is -2.39. The molecule has 8 heteroatoms. The third-order valence-corrected chi connectivity index (χ3v) is 7.14. The number of nitrogens with one attached hydrogen (secondary N) is 1. The maximum atomic E-state index is 13.2. The van der Waals surface area contributed by atoms with Crippen LogP contribution in [-0.4, -0.2) is 28.2 Å². The van der Waals surface area contributed by atoms with E-state index >= 15 is 0 Å². The average Bonchev–Trinajstić information content (AvgIpc) is 3.28. The van der Waals surface area contributed by atoms with Gasteiger partial charge in [0.25, 0.3) is 11.8 Å². The average molecular weight is 474 g/mol. The van der Waals surface area contributed by atoms with Gasteiger partial charge in [-0.15, -0.1) is 11.3 Å². The summed E-state index contributed by atoms with van der Waals surface area (Å²) in [7, 11) is 0. The van der Waals surface area contributed by atoms with Crippen molar-refractivity contribution >= 4 is 34.1 Å². The van der Waals surface area contributed by atoms with E-state index in [1.54, 1.807) is 29.3 Å². The molecule has 0 spiro atoms.